The fraction of sp³-hybridized carbons (Fsp3) is 0.360. The lowest BCUT2D eigenvalue weighted by Crippen LogP contribution is -2.49. The molecule has 6 rings (SSSR count). The van der Waals surface area contributed by atoms with E-state index < -0.39 is 17.7 Å². The second-order valence-electron chi connectivity index (χ2n) is 9.01. The fourth-order valence-electron chi connectivity index (χ4n) is 5.24. The van der Waals surface area contributed by atoms with Gasteiger partial charge in [0.2, 0.25) is 5.60 Å². The van der Waals surface area contributed by atoms with Gasteiger partial charge in [-0.05, 0) is 49.6 Å². The van der Waals surface area contributed by atoms with E-state index in [0.29, 0.717) is 47.7 Å². The SMILES string of the molecule is CCC1(OC(=O)N2CCCC2)C(=O)OCc2c1cc1n(c2=O)Cc2cc3cc(O)ccc3nc2-1. The molecule has 3 aromatic rings. The van der Waals surface area contributed by atoms with Crippen LogP contribution in [0.25, 0.3) is 22.3 Å². The van der Waals surface area contributed by atoms with Gasteiger partial charge in [0.05, 0.1) is 29.0 Å². The molecule has 3 aliphatic rings. The Kier molecular flexibility index (Phi) is 4.45. The number of esters is 1. The van der Waals surface area contributed by atoms with Gasteiger partial charge in [0.15, 0.2) is 0 Å². The molecule has 1 saturated heterocycles. The smallest absolute Gasteiger partial charge is 0.411 e. The number of likely N-dealkylation sites (tertiary alicyclic amines) is 1. The van der Waals surface area contributed by atoms with E-state index in [9.17, 15) is 19.5 Å². The molecule has 0 bridgehead atoms. The molecule has 0 radical (unpaired) electrons. The van der Waals surface area contributed by atoms with E-state index in [1.54, 1.807) is 40.7 Å². The van der Waals surface area contributed by atoms with E-state index in [0.717, 1.165) is 23.8 Å². The molecule has 0 spiro atoms. The van der Waals surface area contributed by atoms with Crippen LogP contribution in [0.2, 0.25) is 0 Å². The number of hydrogen-bond acceptors (Lipinski definition) is 7. The Morgan fingerprint density at radius 3 is 2.76 bits per heavy atom. The van der Waals surface area contributed by atoms with Gasteiger partial charge < -0.3 is 24.0 Å². The van der Waals surface area contributed by atoms with Crippen LogP contribution in [-0.4, -0.2) is 44.7 Å². The number of hydrogen-bond donors (Lipinski definition) is 1. The maximum absolute atomic E-state index is 13.5. The molecule has 9 nitrogen and oxygen atoms in total. The molecule has 9 heteroatoms. The second-order valence-corrected chi connectivity index (χ2v) is 9.01. The van der Waals surface area contributed by atoms with Crippen LogP contribution in [-0.2, 0) is 33.0 Å². The summed E-state index contributed by atoms with van der Waals surface area (Å²) in [4.78, 5) is 45.8. The number of rotatable bonds is 2. The third kappa shape index (κ3) is 2.85. The monoisotopic (exact) mass is 461 g/mol. The topological polar surface area (TPSA) is 111 Å². The van der Waals surface area contributed by atoms with Gasteiger partial charge in [0.1, 0.15) is 12.4 Å². The highest BCUT2D eigenvalue weighted by molar-refractivity contribution is 5.88. The molecule has 174 valence electrons. The van der Waals surface area contributed by atoms with Crippen LogP contribution in [0.1, 0.15) is 42.9 Å². The summed E-state index contributed by atoms with van der Waals surface area (Å²) in [7, 11) is 0. The highest BCUT2D eigenvalue weighted by atomic mass is 16.6. The summed E-state index contributed by atoms with van der Waals surface area (Å²) in [6.45, 7) is 3.04. The first-order valence-corrected chi connectivity index (χ1v) is 11.5. The predicted molar refractivity (Wildman–Crippen MR) is 121 cm³/mol. The number of aromatic nitrogens is 2. The molecule has 3 aliphatic heterocycles. The van der Waals surface area contributed by atoms with Crippen LogP contribution in [0.3, 0.4) is 0 Å². The molecule has 34 heavy (non-hydrogen) atoms. The molecular weight excluding hydrogens is 438 g/mol. The number of benzene rings is 1. The van der Waals surface area contributed by atoms with E-state index in [1.165, 1.54) is 0 Å². The number of ether oxygens (including phenoxy) is 2. The molecule has 5 heterocycles. The normalized spacial score (nSPS) is 20.6. The Balaban J connectivity index is 1.52. The van der Waals surface area contributed by atoms with Crippen LogP contribution in [0.5, 0.6) is 5.75 Å². The zero-order valence-corrected chi connectivity index (χ0v) is 18.7. The van der Waals surface area contributed by atoms with E-state index >= 15 is 0 Å². The van der Waals surface area contributed by atoms with Crippen molar-refractivity contribution in [3.8, 4) is 17.1 Å². The number of amides is 1. The zero-order chi connectivity index (χ0) is 23.6. The van der Waals surface area contributed by atoms with Gasteiger partial charge >= 0.3 is 12.1 Å². The van der Waals surface area contributed by atoms with Crippen LogP contribution in [0.15, 0.2) is 35.1 Å². The van der Waals surface area contributed by atoms with Crippen LogP contribution in [0, 0.1) is 0 Å². The first-order chi connectivity index (χ1) is 16.4. The maximum Gasteiger partial charge on any atom is 0.411 e. The Bertz CT molecular complexity index is 1440. The van der Waals surface area contributed by atoms with Crippen molar-refractivity contribution in [1.29, 1.82) is 0 Å². The maximum atomic E-state index is 13.5. The van der Waals surface area contributed by atoms with Crippen molar-refractivity contribution in [2.24, 2.45) is 0 Å². The van der Waals surface area contributed by atoms with Crippen molar-refractivity contribution in [3.05, 3.63) is 57.4 Å². The molecule has 1 atom stereocenters. The van der Waals surface area contributed by atoms with E-state index in [1.807, 2.05) is 6.07 Å². The summed E-state index contributed by atoms with van der Waals surface area (Å²) >= 11 is 0. The average molecular weight is 461 g/mol. The number of carbonyl (C=O) groups excluding carboxylic acids is 2. The molecule has 1 aromatic carbocycles. The van der Waals surface area contributed by atoms with Gasteiger partial charge in [-0.3, -0.25) is 4.79 Å². The fourth-order valence-corrected chi connectivity index (χ4v) is 5.24. The lowest BCUT2D eigenvalue weighted by molar-refractivity contribution is -0.173. The van der Waals surface area contributed by atoms with Crippen molar-refractivity contribution in [2.75, 3.05) is 13.1 Å². The van der Waals surface area contributed by atoms with E-state index in [4.69, 9.17) is 14.5 Å². The van der Waals surface area contributed by atoms with Crippen molar-refractivity contribution in [2.45, 2.75) is 44.9 Å². The lowest BCUT2D eigenvalue weighted by atomic mass is 9.85. The van der Waals surface area contributed by atoms with Crippen molar-refractivity contribution in [1.82, 2.24) is 14.5 Å². The summed E-state index contributed by atoms with van der Waals surface area (Å²) in [5.41, 5.74) is 1.42. The van der Waals surface area contributed by atoms with Crippen LogP contribution >= 0.6 is 0 Å². The van der Waals surface area contributed by atoms with E-state index in [-0.39, 0.29) is 24.3 Å². The predicted octanol–water partition coefficient (Wildman–Crippen LogP) is 3.03. The van der Waals surface area contributed by atoms with Crippen LogP contribution < -0.4 is 5.56 Å². The van der Waals surface area contributed by atoms with E-state index in [2.05, 4.69) is 0 Å². The minimum Gasteiger partial charge on any atom is -0.508 e. The molecule has 1 amide bonds. The van der Waals surface area contributed by atoms with Gasteiger partial charge in [0, 0.05) is 29.6 Å². The first kappa shape index (κ1) is 20.7. The molecule has 0 saturated carbocycles. The van der Waals surface area contributed by atoms with Crippen molar-refractivity contribution in [3.63, 3.8) is 0 Å². The van der Waals surface area contributed by atoms with Gasteiger partial charge in [-0.2, -0.15) is 0 Å². The number of carbonyl (C=O) groups is 2. The summed E-state index contributed by atoms with van der Waals surface area (Å²) in [6.07, 6.45) is 1.34. The summed E-state index contributed by atoms with van der Waals surface area (Å²) in [5.74, 6) is -0.528. The number of phenolic OH excluding ortho intramolecular Hbond substituents is 1. The van der Waals surface area contributed by atoms with Crippen molar-refractivity contribution >= 4 is 23.0 Å². The summed E-state index contributed by atoms with van der Waals surface area (Å²) in [5, 5.41) is 10.6. The Hall–Kier alpha value is -3.88. The molecule has 1 unspecified atom stereocenters. The summed E-state index contributed by atoms with van der Waals surface area (Å²) in [6, 6.07) is 8.57. The molecule has 2 aromatic heterocycles. The Labute approximate surface area is 194 Å². The highest BCUT2D eigenvalue weighted by Crippen LogP contribution is 2.41. The number of cyclic esters (lactones) is 1. The average Bonchev–Trinajstić information content (AvgIpc) is 3.48. The highest BCUT2D eigenvalue weighted by Gasteiger charge is 2.51. The second kappa shape index (κ2) is 7.31. The Morgan fingerprint density at radius 2 is 2.00 bits per heavy atom. The number of fused-ring (bicyclic) bond motifs is 5. The quantitative estimate of drug-likeness (QED) is 0.457. The van der Waals surface area contributed by atoms with Gasteiger partial charge in [0.25, 0.3) is 5.56 Å². The molecular formula is C25H23N3O6. The van der Waals surface area contributed by atoms with Gasteiger partial charge in [-0.1, -0.05) is 6.92 Å². The molecule has 1 N–H and O–H groups in total. The number of aromatic hydroxyl groups is 1. The number of pyridine rings is 2. The third-order valence-electron chi connectivity index (χ3n) is 7.08. The third-order valence-corrected chi connectivity index (χ3v) is 7.08. The number of phenols is 1. The summed E-state index contributed by atoms with van der Waals surface area (Å²) < 4.78 is 12.8. The molecule has 0 aliphatic carbocycles. The van der Waals surface area contributed by atoms with Crippen LogP contribution in [0.4, 0.5) is 4.79 Å². The largest absolute Gasteiger partial charge is 0.508 e. The Morgan fingerprint density at radius 1 is 1.21 bits per heavy atom. The first-order valence-electron chi connectivity index (χ1n) is 11.5. The lowest BCUT2D eigenvalue weighted by Gasteiger charge is -2.36. The molecule has 1 fully saturated rings. The zero-order valence-electron chi connectivity index (χ0n) is 18.7. The van der Waals surface area contributed by atoms with Gasteiger partial charge in [-0.15, -0.1) is 0 Å². The van der Waals surface area contributed by atoms with Crippen molar-refractivity contribution < 1.29 is 24.2 Å². The minimum absolute atomic E-state index is 0.137. The number of nitrogens with zero attached hydrogens (tertiary/aromatic N) is 3. The minimum atomic E-state index is -1.69. The standard InChI is InChI=1S/C25H23N3O6/c1-2-25(34-24(32)27-7-3-4-8-27)18-11-20-21-15(9-14-10-16(29)5-6-19(14)26-21)12-28(20)22(30)17(18)13-33-23(25)31/h5-6,9-11,29H,2-4,7-8,12-13H2,1H3. The van der Waals surface area contributed by atoms with Gasteiger partial charge in [-0.25, -0.2) is 14.6 Å².